The van der Waals surface area contributed by atoms with Crippen molar-refractivity contribution in [1.82, 2.24) is 15.5 Å². The highest BCUT2D eigenvalue weighted by Crippen LogP contribution is 2.21. The highest BCUT2D eigenvalue weighted by atomic mass is 35.5. The molecule has 1 aliphatic heterocycles. The maximum atomic E-state index is 12.8. The summed E-state index contributed by atoms with van der Waals surface area (Å²) in [6.45, 7) is 7.22. The lowest BCUT2D eigenvalue weighted by Gasteiger charge is -2.35. The van der Waals surface area contributed by atoms with E-state index < -0.39 is 6.04 Å². The molecule has 166 valence electrons. The van der Waals surface area contributed by atoms with E-state index in [1.165, 1.54) is 12.8 Å². The van der Waals surface area contributed by atoms with E-state index in [1.54, 1.807) is 24.3 Å². The molecule has 0 bridgehead atoms. The van der Waals surface area contributed by atoms with Crippen molar-refractivity contribution in [3.63, 3.8) is 0 Å². The minimum Gasteiger partial charge on any atom is -0.354 e. The van der Waals surface area contributed by atoms with Crippen molar-refractivity contribution in [3.8, 4) is 0 Å². The molecule has 0 saturated carbocycles. The normalized spacial score (nSPS) is 17.0. The quantitative estimate of drug-likeness (QED) is 0.636. The Hall–Kier alpha value is -2.37. The molecule has 1 fully saturated rings. The van der Waals surface area contributed by atoms with Gasteiger partial charge in [-0.2, -0.15) is 0 Å². The van der Waals surface area contributed by atoms with Crippen molar-refractivity contribution in [1.29, 1.82) is 0 Å². The minimum absolute atomic E-state index is 0.0782. The standard InChI is InChI=1S/C25H32ClN3O2/c1-18-12-14-29(15-13-18)19(2)17-27-24(30)16-23(20-8-4-3-5-9-20)28-25(31)21-10-6-7-11-22(21)26/h3-11,18-19,23H,12-17H2,1-2H3,(H,27,30)(H,28,31)/t19-,23-/m1/s1. The predicted octanol–water partition coefficient (Wildman–Crippen LogP) is 4.44. The molecule has 0 spiro atoms. The number of carbonyl (C=O) groups is 2. The number of benzene rings is 2. The Kier molecular flexibility index (Phi) is 8.50. The molecule has 1 heterocycles. The fraction of sp³-hybridized carbons (Fsp3) is 0.440. The van der Waals surface area contributed by atoms with Crippen LogP contribution in [0.25, 0.3) is 0 Å². The number of rotatable bonds is 8. The van der Waals surface area contributed by atoms with Gasteiger partial charge in [0.15, 0.2) is 0 Å². The van der Waals surface area contributed by atoms with Gasteiger partial charge in [-0.25, -0.2) is 0 Å². The predicted molar refractivity (Wildman–Crippen MR) is 125 cm³/mol. The molecule has 5 nitrogen and oxygen atoms in total. The Bertz CT molecular complexity index is 866. The van der Waals surface area contributed by atoms with Gasteiger partial charge in [-0.1, -0.05) is 61.0 Å². The summed E-state index contributed by atoms with van der Waals surface area (Å²) in [4.78, 5) is 28.0. The van der Waals surface area contributed by atoms with E-state index in [1.807, 2.05) is 30.3 Å². The summed E-state index contributed by atoms with van der Waals surface area (Å²) in [7, 11) is 0. The number of amides is 2. The zero-order valence-electron chi connectivity index (χ0n) is 18.3. The van der Waals surface area contributed by atoms with Crippen LogP contribution in [0.2, 0.25) is 5.02 Å². The first-order chi connectivity index (χ1) is 14.9. The van der Waals surface area contributed by atoms with Crippen LogP contribution in [0.15, 0.2) is 54.6 Å². The van der Waals surface area contributed by atoms with Crippen LogP contribution in [-0.4, -0.2) is 42.4 Å². The van der Waals surface area contributed by atoms with Gasteiger partial charge in [-0.15, -0.1) is 0 Å². The van der Waals surface area contributed by atoms with Crippen LogP contribution in [0.5, 0.6) is 0 Å². The molecular formula is C25H32ClN3O2. The van der Waals surface area contributed by atoms with Crippen molar-refractivity contribution < 1.29 is 9.59 Å². The van der Waals surface area contributed by atoms with E-state index >= 15 is 0 Å². The van der Waals surface area contributed by atoms with E-state index in [0.29, 0.717) is 23.2 Å². The first kappa shape index (κ1) is 23.3. The molecular weight excluding hydrogens is 410 g/mol. The zero-order valence-corrected chi connectivity index (χ0v) is 19.1. The Morgan fingerprint density at radius 2 is 1.71 bits per heavy atom. The third-order valence-corrected chi connectivity index (χ3v) is 6.38. The molecule has 2 aromatic rings. The van der Waals surface area contributed by atoms with Gasteiger partial charge in [0.25, 0.3) is 5.91 Å². The molecule has 0 aliphatic carbocycles. The van der Waals surface area contributed by atoms with Gasteiger partial charge in [0, 0.05) is 12.6 Å². The third-order valence-electron chi connectivity index (χ3n) is 6.05. The van der Waals surface area contributed by atoms with Gasteiger partial charge in [0.1, 0.15) is 0 Å². The molecule has 0 radical (unpaired) electrons. The van der Waals surface area contributed by atoms with Crippen LogP contribution >= 0.6 is 11.6 Å². The number of hydrogen-bond donors (Lipinski definition) is 2. The van der Waals surface area contributed by atoms with Gasteiger partial charge in [0.2, 0.25) is 5.91 Å². The van der Waals surface area contributed by atoms with E-state index in [-0.39, 0.29) is 18.2 Å². The molecule has 6 heteroatoms. The Balaban J connectivity index is 1.60. The number of halogens is 1. The lowest BCUT2D eigenvalue weighted by atomic mass is 9.98. The van der Waals surface area contributed by atoms with Crippen molar-refractivity contribution in [2.45, 2.75) is 45.2 Å². The molecule has 2 amide bonds. The van der Waals surface area contributed by atoms with E-state index in [2.05, 4.69) is 29.4 Å². The average Bonchev–Trinajstić information content (AvgIpc) is 2.78. The number of likely N-dealkylation sites (tertiary alicyclic amines) is 1. The Morgan fingerprint density at radius 1 is 1.06 bits per heavy atom. The van der Waals surface area contributed by atoms with Gasteiger partial charge < -0.3 is 10.6 Å². The molecule has 2 atom stereocenters. The summed E-state index contributed by atoms with van der Waals surface area (Å²) in [6, 6.07) is 16.3. The molecule has 3 rings (SSSR count). The summed E-state index contributed by atoms with van der Waals surface area (Å²) < 4.78 is 0. The minimum atomic E-state index is -0.434. The monoisotopic (exact) mass is 441 g/mol. The van der Waals surface area contributed by atoms with Crippen LogP contribution in [0.1, 0.15) is 55.1 Å². The van der Waals surface area contributed by atoms with Crippen LogP contribution in [-0.2, 0) is 4.79 Å². The van der Waals surface area contributed by atoms with Gasteiger partial charge in [-0.05, 0) is 56.5 Å². The van der Waals surface area contributed by atoms with E-state index in [0.717, 1.165) is 24.6 Å². The van der Waals surface area contributed by atoms with Crippen LogP contribution in [0, 0.1) is 5.92 Å². The molecule has 1 saturated heterocycles. The summed E-state index contributed by atoms with van der Waals surface area (Å²) in [6.07, 6.45) is 2.59. The Labute approximate surface area is 190 Å². The molecule has 1 aliphatic rings. The smallest absolute Gasteiger partial charge is 0.253 e. The second-order valence-electron chi connectivity index (χ2n) is 8.49. The van der Waals surface area contributed by atoms with E-state index in [4.69, 9.17) is 11.6 Å². The van der Waals surface area contributed by atoms with Crippen LogP contribution in [0.3, 0.4) is 0 Å². The maximum Gasteiger partial charge on any atom is 0.253 e. The first-order valence-corrected chi connectivity index (χ1v) is 11.4. The van der Waals surface area contributed by atoms with Crippen molar-refractivity contribution in [3.05, 3.63) is 70.7 Å². The summed E-state index contributed by atoms with van der Waals surface area (Å²) in [5.41, 5.74) is 1.29. The number of nitrogens with one attached hydrogen (secondary N) is 2. The lowest BCUT2D eigenvalue weighted by molar-refractivity contribution is -0.121. The van der Waals surface area contributed by atoms with Gasteiger partial charge in [0.05, 0.1) is 23.0 Å². The second kappa shape index (κ2) is 11.3. The lowest BCUT2D eigenvalue weighted by Crippen LogP contribution is -2.46. The van der Waals surface area contributed by atoms with Crippen molar-refractivity contribution in [2.75, 3.05) is 19.6 Å². The summed E-state index contributed by atoms with van der Waals surface area (Å²) in [5, 5.41) is 6.43. The molecule has 2 aromatic carbocycles. The number of carbonyl (C=O) groups excluding carboxylic acids is 2. The fourth-order valence-corrected chi connectivity index (χ4v) is 4.16. The van der Waals surface area contributed by atoms with E-state index in [9.17, 15) is 9.59 Å². The second-order valence-corrected chi connectivity index (χ2v) is 8.90. The maximum absolute atomic E-state index is 12.8. The fourth-order valence-electron chi connectivity index (χ4n) is 3.94. The zero-order chi connectivity index (χ0) is 22.2. The molecule has 0 unspecified atom stereocenters. The largest absolute Gasteiger partial charge is 0.354 e. The van der Waals surface area contributed by atoms with Crippen LogP contribution in [0.4, 0.5) is 0 Å². The topological polar surface area (TPSA) is 61.4 Å². The van der Waals surface area contributed by atoms with Gasteiger partial charge >= 0.3 is 0 Å². The highest BCUT2D eigenvalue weighted by Gasteiger charge is 2.23. The van der Waals surface area contributed by atoms with Gasteiger partial charge in [-0.3, -0.25) is 14.5 Å². The number of hydrogen-bond acceptors (Lipinski definition) is 3. The highest BCUT2D eigenvalue weighted by molar-refractivity contribution is 6.33. The third kappa shape index (κ3) is 6.81. The molecule has 0 aromatic heterocycles. The number of piperidine rings is 1. The number of nitrogens with zero attached hydrogens (tertiary/aromatic N) is 1. The van der Waals surface area contributed by atoms with Crippen molar-refractivity contribution >= 4 is 23.4 Å². The molecule has 2 N–H and O–H groups in total. The van der Waals surface area contributed by atoms with Crippen molar-refractivity contribution in [2.24, 2.45) is 5.92 Å². The molecule has 31 heavy (non-hydrogen) atoms. The SMILES string of the molecule is CC1CCN([C@H](C)CNC(=O)C[C@@H](NC(=O)c2ccccc2Cl)c2ccccc2)CC1. The van der Waals surface area contributed by atoms with Crippen LogP contribution < -0.4 is 10.6 Å². The average molecular weight is 442 g/mol. The Morgan fingerprint density at radius 3 is 2.39 bits per heavy atom. The summed E-state index contributed by atoms with van der Waals surface area (Å²) in [5.74, 6) is 0.417. The first-order valence-electron chi connectivity index (χ1n) is 11.0. The summed E-state index contributed by atoms with van der Waals surface area (Å²) >= 11 is 6.18.